The number of hydrogen-bond acceptors (Lipinski definition) is 3. The number of amides is 1. The highest BCUT2D eigenvalue weighted by molar-refractivity contribution is 5.76. The molecule has 0 saturated heterocycles. The van der Waals surface area contributed by atoms with Gasteiger partial charge < -0.3 is 15.4 Å². The first kappa shape index (κ1) is 16.5. The van der Waals surface area contributed by atoms with Gasteiger partial charge in [-0.25, -0.2) is 0 Å². The predicted octanol–water partition coefficient (Wildman–Crippen LogP) is 2.65. The molecule has 1 rings (SSSR count). The van der Waals surface area contributed by atoms with E-state index in [4.69, 9.17) is 4.74 Å². The Morgan fingerprint density at radius 1 is 1.20 bits per heavy atom. The van der Waals surface area contributed by atoms with Crippen molar-refractivity contribution in [3.8, 4) is 5.75 Å². The zero-order valence-corrected chi connectivity index (χ0v) is 12.9. The molecule has 1 aromatic rings. The van der Waals surface area contributed by atoms with E-state index in [1.165, 1.54) is 5.56 Å². The van der Waals surface area contributed by atoms with Gasteiger partial charge in [-0.15, -0.1) is 0 Å². The van der Waals surface area contributed by atoms with Crippen molar-refractivity contribution < 1.29 is 9.53 Å². The number of carbonyl (C=O) groups excluding carboxylic acids is 1. The van der Waals surface area contributed by atoms with Crippen LogP contribution in [-0.4, -0.2) is 25.1 Å². The summed E-state index contributed by atoms with van der Waals surface area (Å²) in [6.07, 6.45) is 0.383. The monoisotopic (exact) mass is 278 g/mol. The summed E-state index contributed by atoms with van der Waals surface area (Å²) in [4.78, 5) is 11.5. The average molecular weight is 278 g/mol. The van der Waals surface area contributed by atoms with E-state index in [2.05, 4.69) is 36.6 Å². The third-order valence-electron chi connectivity index (χ3n) is 2.94. The van der Waals surface area contributed by atoms with E-state index in [1.807, 2.05) is 26.0 Å². The topological polar surface area (TPSA) is 50.4 Å². The lowest BCUT2D eigenvalue weighted by atomic mass is 10.1. The Bertz CT molecular complexity index is 401. The Labute approximate surface area is 121 Å². The molecule has 0 radical (unpaired) electrons. The van der Waals surface area contributed by atoms with Crippen LogP contribution in [0.4, 0.5) is 0 Å². The molecule has 2 N–H and O–H groups in total. The summed E-state index contributed by atoms with van der Waals surface area (Å²) >= 11 is 0. The Morgan fingerprint density at radius 3 is 2.40 bits per heavy atom. The third kappa shape index (κ3) is 6.06. The van der Waals surface area contributed by atoms with Crippen LogP contribution in [0, 0.1) is 0 Å². The predicted molar refractivity (Wildman–Crippen MR) is 81.9 cm³/mol. The number of ether oxygens (including phenoxy) is 1. The number of nitrogens with one attached hydrogen (secondary N) is 2. The van der Waals surface area contributed by atoms with E-state index in [0.717, 1.165) is 12.3 Å². The molecule has 4 nitrogen and oxygen atoms in total. The highest BCUT2D eigenvalue weighted by Gasteiger charge is 2.05. The minimum absolute atomic E-state index is 0.0254. The van der Waals surface area contributed by atoms with Crippen LogP contribution in [0.2, 0.25) is 0 Å². The van der Waals surface area contributed by atoms with Crippen LogP contribution in [0.15, 0.2) is 24.3 Å². The van der Waals surface area contributed by atoms with Gasteiger partial charge in [-0.2, -0.15) is 0 Å². The van der Waals surface area contributed by atoms with Gasteiger partial charge in [-0.05, 0) is 45.0 Å². The molecule has 1 atom stereocenters. The first-order valence-corrected chi connectivity index (χ1v) is 7.28. The first-order valence-electron chi connectivity index (χ1n) is 7.28. The van der Waals surface area contributed by atoms with Gasteiger partial charge >= 0.3 is 0 Å². The van der Waals surface area contributed by atoms with Crippen molar-refractivity contribution >= 4 is 5.91 Å². The number of hydrogen-bond donors (Lipinski definition) is 2. The minimum atomic E-state index is 0.0254. The van der Waals surface area contributed by atoms with Gasteiger partial charge in [0.1, 0.15) is 5.75 Å². The summed E-state index contributed by atoms with van der Waals surface area (Å²) in [6.45, 7) is 9.48. The van der Waals surface area contributed by atoms with Gasteiger partial charge in [-0.1, -0.05) is 19.1 Å². The molecule has 0 fully saturated rings. The van der Waals surface area contributed by atoms with Crippen molar-refractivity contribution in [2.75, 3.05) is 13.2 Å². The molecule has 0 bridgehead atoms. The lowest BCUT2D eigenvalue weighted by Crippen LogP contribution is -2.31. The van der Waals surface area contributed by atoms with Gasteiger partial charge in [0.2, 0.25) is 5.91 Å². The van der Waals surface area contributed by atoms with Crippen molar-refractivity contribution in [3.05, 3.63) is 29.8 Å². The lowest BCUT2D eigenvalue weighted by Gasteiger charge is -2.13. The lowest BCUT2D eigenvalue weighted by molar-refractivity contribution is -0.122. The summed E-state index contributed by atoms with van der Waals surface area (Å²) in [5.74, 6) is 0.826. The average Bonchev–Trinajstić information content (AvgIpc) is 2.39. The molecule has 1 unspecified atom stereocenters. The molecule has 1 aromatic carbocycles. The summed E-state index contributed by atoms with van der Waals surface area (Å²) in [5.41, 5.74) is 1.23. The summed E-state index contributed by atoms with van der Waals surface area (Å²) < 4.78 is 5.57. The second-order valence-electron chi connectivity index (χ2n) is 5.17. The van der Waals surface area contributed by atoms with Crippen molar-refractivity contribution in [1.29, 1.82) is 0 Å². The van der Waals surface area contributed by atoms with Gasteiger partial charge in [0.15, 0.2) is 0 Å². The molecule has 0 aliphatic rings. The second kappa shape index (κ2) is 8.59. The van der Waals surface area contributed by atoms with Gasteiger partial charge in [0.05, 0.1) is 13.0 Å². The van der Waals surface area contributed by atoms with E-state index < -0.39 is 0 Å². The molecule has 0 saturated carbocycles. The van der Waals surface area contributed by atoms with E-state index in [-0.39, 0.29) is 11.9 Å². The molecule has 0 aliphatic heterocycles. The van der Waals surface area contributed by atoms with E-state index in [0.29, 0.717) is 19.1 Å². The first-order chi connectivity index (χ1) is 9.52. The van der Waals surface area contributed by atoms with Crippen LogP contribution < -0.4 is 15.4 Å². The Kier molecular flexibility index (Phi) is 7.09. The molecule has 1 amide bonds. The number of benzene rings is 1. The summed E-state index contributed by atoms with van der Waals surface area (Å²) in [5, 5.41) is 6.20. The van der Waals surface area contributed by atoms with Crippen LogP contribution in [0.25, 0.3) is 0 Å². The fraction of sp³-hybridized carbons (Fsp3) is 0.562. The van der Waals surface area contributed by atoms with E-state index in [9.17, 15) is 4.79 Å². The number of rotatable bonds is 8. The van der Waals surface area contributed by atoms with Crippen LogP contribution in [0.3, 0.4) is 0 Å². The molecule has 0 spiro atoms. The standard InChI is InChI=1S/C16H26N2O2/c1-5-17-13(4)14-6-8-15(9-7-14)20-11-10-16(19)18-12(2)3/h6-9,12-13,17H,5,10-11H2,1-4H3,(H,18,19). The molecule has 112 valence electrons. The van der Waals surface area contributed by atoms with Crippen molar-refractivity contribution in [1.82, 2.24) is 10.6 Å². The quantitative estimate of drug-likeness (QED) is 0.768. The normalized spacial score (nSPS) is 12.2. The second-order valence-corrected chi connectivity index (χ2v) is 5.17. The molecule has 0 aliphatic carbocycles. The maximum atomic E-state index is 11.5. The summed E-state index contributed by atoms with van der Waals surface area (Å²) in [7, 11) is 0. The Morgan fingerprint density at radius 2 is 1.85 bits per heavy atom. The minimum Gasteiger partial charge on any atom is -0.493 e. The van der Waals surface area contributed by atoms with Crippen LogP contribution in [-0.2, 0) is 4.79 Å². The highest BCUT2D eigenvalue weighted by atomic mass is 16.5. The van der Waals surface area contributed by atoms with Gasteiger partial charge in [0.25, 0.3) is 0 Å². The van der Waals surface area contributed by atoms with Crippen molar-refractivity contribution in [2.24, 2.45) is 0 Å². The van der Waals surface area contributed by atoms with E-state index >= 15 is 0 Å². The maximum Gasteiger partial charge on any atom is 0.223 e. The van der Waals surface area contributed by atoms with Crippen LogP contribution in [0.5, 0.6) is 5.75 Å². The van der Waals surface area contributed by atoms with Crippen LogP contribution in [0.1, 0.15) is 45.7 Å². The fourth-order valence-corrected chi connectivity index (χ4v) is 1.93. The van der Waals surface area contributed by atoms with Crippen LogP contribution >= 0.6 is 0 Å². The van der Waals surface area contributed by atoms with Gasteiger partial charge in [0, 0.05) is 12.1 Å². The Hall–Kier alpha value is -1.55. The van der Waals surface area contributed by atoms with E-state index in [1.54, 1.807) is 0 Å². The zero-order valence-electron chi connectivity index (χ0n) is 12.9. The SMILES string of the molecule is CCNC(C)c1ccc(OCCC(=O)NC(C)C)cc1. The van der Waals surface area contributed by atoms with Crippen molar-refractivity contribution in [3.63, 3.8) is 0 Å². The molecule has 4 heteroatoms. The fourth-order valence-electron chi connectivity index (χ4n) is 1.93. The third-order valence-corrected chi connectivity index (χ3v) is 2.94. The summed E-state index contributed by atoms with van der Waals surface area (Å²) in [6, 6.07) is 8.51. The highest BCUT2D eigenvalue weighted by Crippen LogP contribution is 2.17. The molecule has 0 aromatic heterocycles. The Balaban J connectivity index is 2.36. The largest absolute Gasteiger partial charge is 0.493 e. The molecule has 0 heterocycles. The molecule has 20 heavy (non-hydrogen) atoms. The maximum absolute atomic E-state index is 11.5. The smallest absolute Gasteiger partial charge is 0.223 e. The number of carbonyl (C=O) groups is 1. The van der Waals surface area contributed by atoms with Crippen molar-refractivity contribution in [2.45, 2.75) is 46.2 Å². The molecular formula is C16H26N2O2. The zero-order chi connectivity index (χ0) is 15.0. The molecular weight excluding hydrogens is 252 g/mol. The van der Waals surface area contributed by atoms with Gasteiger partial charge in [-0.3, -0.25) is 4.79 Å².